The molecular weight excluding hydrogens is 443 g/mol. The Labute approximate surface area is 174 Å². The molecule has 150 valence electrons. The van der Waals surface area contributed by atoms with Gasteiger partial charge in [0.2, 0.25) is 11.8 Å². The average molecular weight is 461 g/mol. The summed E-state index contributed by atoms with van der Waals surface area (Å²) in [6.07, 6.45) is 1.81. The number of carbonyl (C=O) groups excluding carboxylic acids is 3. The molecular formula is C20H18BrFN4O3. The minimum Gasteiger partial charge on any atom is -0.361 e. The molecule has 0 atom stereocenters. The van der Waals surface area contributed by atoms with E-state index in [9.17, 15) is 18.8 Å². The summed E-state index contributed by atoms with van der Waals surface area (Å²) in [6.45, 7) is 0.0337. The van der Waals surface area contributed by atoms with Crippen molar-refractivity contribution in [3.8, 4) is 0 Å². The number of hydrazine groups is 1. The maximum Gasteiger partial charge on any atom is 0.252 e. The van der Waals surface area contributed by atoms with Crippen LogP contribution in [0.25, 0.3) is 10.9 Å². The molecule has 0 saturated carbocycles. The van der Waals surface area contributed by atoms with Gasteiger partial charge in [0, 0.05) is 34.5 Å². The lowest BCUT2D eigenvalue weighted by Crippen LogP contribution is -2.43. The van der Waals surface area contributed by atoms with E-state index in [1.807, 2.05) is 24.3 Å². The molecule has 3 amide bonds. The smallest absolute Gasteiger partial charge is 0.252 e. The largest absolute Gasteiger partial charge is 0.361 e. The van der Waals surface area contributed by atoms with Crippen LogP contribution in [0.3, 0.4) is 0 Å². The minimum absolute atomic E-state index is 0.0337. The van der Waals surface area contributed by atoms with Gasteiger partial charge in [0.05, 0.1) is 12.0 Å². The predicted molar refractivity (Wildman–Crippen MR) is 109 cm³/mol. The Hall–Kier alpha value is -3.20. The molecule has 1 aromatic heterocycles. The van der Waals surface area contributed by atoms with Crippen molar-refractivity contribution < 1.29 is 18.8 Å². The molecule has 0 aliphatic heterocycles. The Morgan fingerprint density at radius 2 is 1.79 bits per heavy atom. The van der Waals surface area contributed by atoms with E-state index in [1.165, 1.54) is 12.1 Å². The summed E-state index contributed by atoms with van der Waals surface area (Å²) in [5.41, 5.74) is 6.54. The highest BCUT2D eigenvalue weighted by Crippen LogP contribution is 2.18. The zero-order valence-electron chi connectivity index (χ0n) is 15.2. The van der Waals surface area contributed by atoms with Gasteiger partial charge < -0.3 is 10.3 Å². The number of hydrogen-bond acceptors (Lipinski definition) is 3. The summed E-state index contributed by atoms with van der Waals surface area (Å²) >= 11 is 3.18. The molecule has 0 fully saturated rings. The molecule has 3 rings (SSSR count). The lowest BCUT2D eigenvalue weighted by molar-refractivity contribution is -0.128. The molecule has 29 heavy (non-hydrogen) atoms. The molecule has 9 heteroatoms. The van der Waals surface area contributed by atoms with Crippen molar-refractivity contribution in [2.45, 2.75) is 12.8 Å². The number of carbonyl (C=O) groups is 3. The van der Waals surface area contributed by atoms with Gasteiger partial charge in [0.1, 0.15) is 5.82 Å². The third-order valence-electron chi connectivity index (χ3n) is 4.18. The quantitative estimate of drug-likeness (QED) is 0.425. The van der Waals surface area contributed by atoms with E-state index in [4.69, 9.17) is 0 Å². The van der Waals surface area contributed by atoms with E-state index in [2.05, 4.69) is 37.1 Å². The standard InChI is InChI=1S/C20H18BrFN4O3/c21-16-6-5-13(22)10-15(16)20(29)23-8-7-18(27)25-26-19(28)9-12-11-24-17-4-2-1-3-14(12)17/h1-6,10-11,24H,7-9H2,(H,23,29)(H,25,27)(H,26,28). The maximum atomic E-state index is 13.2. The fourth-order valence-corrected chi connectivity index (χ4v) is 3.18. The maximum absolute atomic E-state index is 13.2. The van der Waals surface area contributed by atoms with Crippen LogP contribution in [-0.2, 0) is 16.0 Å². The van der Waals surface area contributed by atoms with Gasteiger partial charge in [-0.15, -0.1) is 0 Å². The second-order valence-electron chi connectivity index (χ2n) is 6.26. The van der Waals surface area contributed by atoms with Crippen molar-refractivity contribution in [3.05, 3.63) is 70.1 Å². The van der Waals surface area contributed by atoms with Gasteiger partial charge in [-0.1, -0.05) is 18.2 Å². The second-order valence-corrected chi connectivity index (χ2v) is 7.12. The van der Waals surface area contributed by atoms with Crippen LogP contribution in [0.5, 0.6) is 0 Å². The minimum atomic E-state index is -0.533. The Bertz CT molecular complexity index is 1070. The summed E-state index contributed by atoms with van der Waals surface area (Å²) in [4.78, 5) is 39.0. The summed E-state index contributed by atoms with van der Waals surface area (Å²) in [5, 5.41) is 3.47. The van der Waals surface area contributed by atoms with Crippen molar-refractivity contribution in [1.82, 2.24) is 21.2 Å². The monoisotopic (exact) mass is 460 g/mol. The molecule has 4 N–H and O–H groups in total. The third-order valence-corrected chi connectivity index (χ3v) is 4.87. The molecule has 0 aliphatic carbocycles. The van der Waals surface area contributed by atoms with Crippen LogP contribution in [0, 0.1) is 5.82 Å². The lowest BCUT2D eigenvalue weighted by Gasteiger charge is -2.09. The van der Waals surface area contributed by atoms with Gasteiger partial charge in [0.15, 0.2) is 0 Å². The number of para-hydroxylation sites is 1. The van der Waals surface area contributed by atoms with Crippen molar-refractivity contribution >= 4 is 44.6 Å². The first kappa shape index (κ1) is 20.5. The third kappa shape index (κ3) is 5.41. The fraction of sp³-hybridized carbons (Fsp3) is 0.150. The number of H-pyrrole nitrogens is 1. The first-order chi connectivity index (χ1) is 13.9. The molecule has 7 nitrogen and oxygen atoms in total. The van der Waals surface area contributed by atoms with E-state index in [-0.39, 0.29) is 30.9 Å². The molecule has 0 aliphatic rings. The Balaban J connectivity index is 1.41. The SMILES string of the molecule is O=C(CCNC(=O)c1cc(F)ccc1Br)NNC(=O)Cc1c[nH]c2ccccc12. The first-order valence-corrected chi connectivity index (χ1v) is 9.59. The van der Waals surface area contributed by atoms with Gasteiger partial charge in [-0.25, -0.2) is 4.39 Å². The lowest BCUT2D eigenvalue weighted by atomic mass is 10.1. The van der Waals surface area contributed by atoms with Crippen LogP contribution in [0.1, 0.15) is 22.3 Å². The van der Waals surface area contributed by atoms with E-state index >= 15 is 0 Å². The second kappa shape index (κ2) is 9.33. The number of hydrogen-bond donors (Lipinski definition) is 4. The van der Waals surface area contributed by atoms with Gasteiger partial charge in [-0.2, -0.15) is 0 Å². The molecule has 0 spiro atoms. The molecule has 0 saturated heterocycles. The Morgan fingerprint density at radius 3 is 2.62 bits per heavy atom. The zero-order valence-corrected chi connectivity index (χ0v) is 16.8. The first-order valence-electron chi connectivity index (χ1n) is 8.80. The highest BCUT2D eigenvalue weighted by molar-refractivity contribution is 9.10. The van der Waals surface area contributed by atoms with Crippen LogP contribution in [0.2, 0.25) is 0 Å². The fourth-order valence-electron chi connectivity index (χ4n) is 2.75. The van der Waals surface area contributed by atoms with Crippen molar-refractivity contribution in [2.24, 2.45) is 0 Å². The number of aromatic amines is 1. The van der Waals surface area contributed by atoms with E-state index < -0.39 is 17.6 Å². The number of aromatic nitrogens is 1. The van der Waals surface area contributed by atoms with Crippen molar-refractivity contribution in [3.63, 3.8) is 0 Å². The predicted octanol–water partition coefficient (Wildman–Crippen LogP) is 2.58. The van der Waals surface area contributed by atoms with Gasteiger partial charge >= 0.3 is 0 Å². The van der Waals surface area contributed by atoms with E-state index in [0.29, 0.717) is 4.47 Å². The van der Waals surface area contributed by atoms with Crippen LogP contribution in [-0.4, -0.2) is 29.3 Å². The molecule has 3 aromatic rings. The molecule has 0 unspecified atom stereocenters. The molecule has 0 radical (unpaired) electrons. The van der Waals surface area contributed by atoms with E-state index in [0.717, 1.165) is 22.5 Å². The Kier molecular flexibility index (Phi) is 6.61. The van der Waals surface area contributed by atoms with Crippen LogP contribution in [0.15, 0.2) is 53.1 Å². The number of amides is 3. The summed E-state index contributed by atoms with van der Waals surface area (Å²) in [7, 11) is 0. The number of rotatable bonds is 6. The van der Waals surface area contributed by atoms with Gasteiger partial charge in [-0.3, -0.25) is 25.2 Å². The van der Waals surface area contributed by atoms with E-state index in [1.54, 1.807) is 6.20 Å². The number of halogens is 2. The van der Waals surface area contributed by atoms with Crippen molar-refractivity contribution in [1.29, 1.82) is 0 Å². The molecule has 1 heterocycles. The number of benzene rings is 2. The highest BCUT2D eigenvalue weighted by Gasteiger charge is 2.12. The summed E-state index contributed by atoms with van der Waals surface area (Å²) < 4.78 is 13.7. The normalized spacial score (nSPS) is 10.6. The zero-order chi connectivity index (χ0) is 20.8. The van der Waals surface area contributed by atoms with Gasteiger partial charge in [0.25, 0.3) is 5.91 Å². The van der Waals surface area contributed by atoms with Crippen LogP contribution >= 0.6 is 15.9 Å². The van der Waals surface area contributed by atoms with Crippen LogP contribution < -0.4 is 16.2 Å². The topological polar surface area (TPSA) is 103 Å². The molecule has 2 aromatic carbocycles. The average Bonchev–Trinajstić information content (AvgIpc) is 3.11. The highest BCUT2D eigenvalue weighted by atomic mass is 79.9. The number of nitrogens with one attached hydrogen (secondary N) is 4. The van der Waals surface area contributed by atoms with Crippen LogP contribution in [0.4, 0.5) is 4.39 Å². The molecule has 0 bridgehead atoms. The number of fused-ring (bicyclic) bond motifs is 1. The van der Waals surface area contributed by atoms with Gasteiger partial charge in [-0.05, 0) is 45.8 Å². The summed E-state index contributed by atoms with van der Waals surface area (Å²) in [6, 6.07) is 11.4. The Morgan fingerprint density at radius 1 is 1.03 bits per heavy atom. The van der Waals surface area contributed by atoms with Crippen molar-refractivity contribution in [2.75, 3.05) is 6.54 Å². The summed E-state index contributed by atoms with van der Waals surface area (Å²) in [5.74, 6) is -1.87.